The highest BCUT2D eigenvalue weighted by Gasteiger charge is 2.13. The largest absolute Gasteiger partial charge is 0.494 e. The lowest BCUT2D eigenvalue weighted by Gasteiger charge is -2.09. The predicted molar refractivity (Wildman–Crippen MR) is 61.6 cm³/mol. The smallest absolute Gasteiger partial charge is 0.124 e. The molecule has 0 amide bonds. The van der Waals surface area contributed by atoms with Gasteiger partial charge in [-0.1, -0.05) is 12.1 Å². The van der Waals surface area contributed by atoms with E-state index in [4.69, 9.17) is 4.74 Å². The number of aliphatic hydroxyl groups excluding tert-OH is 1. The van der Waals surface area contributed by atoms with Gasteiger partial charge in [0.15, 0.2) is 0 Å². The molecule has 1 N–H and O–H groups in total. The third-order valence-corrected chi connectivity index (χ3v) is 2.64. The number of hydrogen-bond donors (Lipinski definition) is 1. The molecule has 1 atom stereocenters. The Morgan fingerprint density at radius 2 is 2.38 bits per heavy atom. The van der Waals surface area contributed by atoms with E-state index in [0.29, 0.717) is 12.3 Å². The molecule has 0 bridgehead atoms. The highest BCUT2D eigenvalue weighted by Crippen LogP contribution is 2.23. The molecule has 0 saturated heterocycles. The number of benzene rings is 1. The molecule has 1 aromatic heterocycles. The van der Waals surface area contributed by atoms with Crippen LogP contribution < -0.4 is 4.74 Å². The summed E-state index contributed by atoms with van der Waals surface area (Å²) >= 11 is 1.09. The summed E-state index contributed by atoms with van der Waals surface area (Å²) < 4.78 is 13.2. The molecule has 2 aromatic rings. The molecule has 0 fully saturated rings. The molecular formula is C11H12N2O2S. The number of nitrogens with zero attached hydrogens (tertiary/aromatic N) is 2. The van der Waals surface area contributed by atoms with E-state index < -0.39 is 6.10 Å². The number of ether oxygens (including phenoxy) is 1. The second kappa shape index (κ2) is 5.05. The molecule has 0 spiro atoms. The van der Waals surface area contributed by atoms with Crippen molar-refractivity contribution < 1.29 is 9.84 Å². The zero-order valence-corrected chi connectivity index (χ0v) is 9.65. The van der Waals surface area contributed by atoms with Crippen molar-refractivity contribution in [2.24, 2.45) is 0 Å². The Morgan fingerprint density at radius 3 is 3.06 bits per heavy atom. The van der Waals surface area contributed by atoms with Crippen LogP contribution in [0.15, 0.2) is 30.5 Å². The van der Waals surface area contributed by atoms with E-state index in [1.54, 1.807) is 6.20 Å². The molecule has 84 valence electrons. The van der Waals surface area contributed by atoms with E-state index in [0.717, 1.165) is 23.0 Å². The maximum atomic E-state index is 10.0. The van der Waals surface area contributed by atoms with Crippen LogP contribution in [0.3, 0.4) is 0 Å². The Hall–Kier alpha value is -1.46. The Balaban J connectivity index is 2.23. The molecular weight excluding hydrogens is 224 g/mol. The summed E-state index contributed by atoms with van der Waals surface area (Å²) in [4.78, 5) is 0. The van der Waals surface area contributed by atoms with Gasteiger partial charge in [0.25, 0.3) is 0 Å². The van der Waals surface area contributed by atoms with Crippen LogP contribution in [0.5, 0.6) is 5.75 Å². The van der Waals surface area contributed by atoms with Gasteiger partial charge in [-0.25, -0.2) is 0 Å². The van der Waals surface area contributed by atoms with Crippen molar-refractivity contribution in [1.29, 1.82) is 0 Å². The van der Waals surface area contributed by atoms with Crippen LogP contribution in [0.4, 0.5) is 0 Å². The summed E-state index contributed by atoms with van der Waals surface area (Å²) in [6.45, 7) is 2.53. The maximum Gasteiger partial charge on any atom is 0.124 e. The Bertz CT molecular complexity index is 445. The van der Waals surface area contributed by atoms with Crippen molar-refractivity contribution in [3.05, 3.63) is 41.7 Å². The minimum absolute atomic E-state index is 0.568. The van der Waals surface area contributed by atoms with Gasteiger partial charge >= 0.3 is 0 Å². The van der Waals surface area contributed by atoms with E-state index in [2.05, 4.69) is 8.75 Å². The molecule has 2 rings (SSSR count). The maximum absolute atomic E-state index is 10.0. The Morgan fingerprint density at radius 1 is 1.50 bits per heavy atom. The third kappa shape index (κ3) is 2.37. The zero-order valence-electron chi connectivity index (χ0n) is 8.83. The van der Waals surface area contributed by atoms with E-state index >= 15 is 0 Å². The van der Waals surface area contributed by atoms with Gasteiger partial charge in [0, 0.05) is 0 Å². The predicted octanol–water partition coefficient (Wildman–Crippen LogP) is 2.02. The summed E-state index contributed by atoms with van der Waals surface area (Å²) in [6.07, 6.45) is 0.835. The van der Waals surface area contributed by atoms with Crippen LogP contribution in [0.2, 0.25) is 0 Å². The summed E-state index contributed by atoms with van der Waals surface area (Å²) in [5, 5.41) is 10.0. The average molecular weight is 236 g/mol. The zero-order chi connectivity index (χ0) is 11.4. The van der Waals surface area contributed by atoms with Crippen LogP contribution in [0.1, 0.15) is 24.3 Å². The lowest BCUT2D eigenvalue weighted by molar-refractivity contribution is 0.215. The van der Waals surface area contributed by atoms with Gasteiger partial charge in [-0.2, -0.15) is 8.75 Å². The minimum atomic E-state index is -0.737. The Labute approximate surface area is 97.9 Å². The van der Waals surface area contributed by atoms with Crippen LogP contribution >= 0.6 is 11.7 Å². The summed E-state index contributed by atoms with van der Waals surface area (Å²) in [5.41, 5.74) is 1.33. The molecule has 1 heterocycles. The molecule has 0 saturated carbocycles. The number of aromatic nitrogens is 2. The molecule has 4 nitrogen and oxygen atoms in total. The van der Waals surface area contributed by atoms with Crippen LogP contribution in [-0.2, 0) is 0 Å². The monoisotopic (exact) mass is 236 g/mol. The van der Waals surface area contributed by atoms with E-state index in [9.17, 15) is 5.11 Å². The highest BCUT2D eigenvalue weighted by molar-refractivity contribution is 6.99. The molecule has 16 heavy (non-hydrogen) atoms. The van der Waals surface area contributed by atoms with Gasteiger partial charge in [-0.15, -0.1) is 0 Å². The fourth-order valence-corrected chi connectivity index (χ4v) is 1.85. The first kappa shape index (κ1) is 11.0. The second-order valence-corrected chi connectivity index (χ2v) is 3.80. The highest BCUT2D eigenvalue weighted by atomic mass is 32.1. The molecule has 0 aliphatic heterocycles. The standard InChI is InChI=1S/C11H12N2O2S/c1-2-15-9-5-3-4-8(6-9)11(14)10-7-12-16-13-10/h3-7,11,14H,2H2,1H3. The quantitative estimate of drug-likeness (QED) is 0.882. The summed E-state index contributed by atoms with van der Waals surface area (Å²) in [7, 11) is 0. The molecule has 1 aromatic carbocycles. The van der Waals surface area contributed by atoms with Crippen molar-refractivity contribution in [2.45, 2.75) is 13.0 Å². The van der Waals surface area contributed by atoms with E-state index in [1.807, 2.05) is 31.2 Å². The van der Waals surface area contributed by atoms with Gasteiger partial charge in [-0.05, 0) is 24.6 Å². The van der Waals surface area contributed by atoms with E-state index in [-0.39, 0.29) is 0 Å². The first-order valence-electron chi connectivity index (χ1n) is 4.99. The van der Waals surface area contributed by atoms with Crippen molar-refractivity contribution in [3.8, 4) is 5.75 Å². The molecule has 0 aliphatic carbocycles. The first-order chi connectivity index (χ1) is 7.81. The van der Waals surface area contributed by atoms with Crippen molar-refractivity contribution in [3.63, 3.8) is 0 Å². The number of rotatable bonds is 4. The summed E-state index contributed by atoms with van der Waals surface area (Å²) in [6, 6.07) is 7.36. The fourth-order valence-electron chi connectivity index (χ4n) is 1.40. The van der Waals surface area contributed by atoms with Crippen LogP contribution in [0.25, 0.3) is 0 Å². The SMILES string of the molecule is CCOc1cccc(C(O)c2cnsn2)c1. The van der Waals surface area contributed by atoms with Gasteiger partial charge < -0.3 is 9.84 Å². The van der Waals surface area contributed by atoms with Gasteiger partial charge in [0.05, 0.1) is 24.5 Å². The third-order valence-electron chi connectivity index (χ3n) is 2.14. The van der Waals surface area contributed by atoms with Gasteiger partial charge in [0.2, 0.25) is 0 Å². The normalized spacial score (nSPS) is 12.4. The lowest BCUT2D eigenvalue weighted by Crippen LogP contribution is -2.00. The van der Waals surface area contributed by atoms with E-state index in [1.165, 1.54) is 0 Å². The summed E-state index contributed by atoms with van der Waals surface area (Å²) in [5.74, 6) is 0.752. The van der Waals surface area contributed by atoms with Gasteiger partial charge in [-0.3, -0.25) is 0 Å². The Kier molecular flexibility index (Phi) is 3.48. The minimum Gasteiger partial charge on any atom is -0.494 e. The number of hydrogen-bond acceptors (Lipinski definition) is 5. The molecule has 1 unspecified atom stereocenters. The van der Waals surface area contributed by atoms with Crippen molar-refractivity contribution in [2.75, 3.05) is 6.61 Å². The average Bonchev–Trinajstić information content (AvgIpc) is 2.82. The van der Waals surface area contributed by atoms with Gasteiger partial charge in [0.1, 0.15) is 17.5 Å². The van der Waals surface area contributed by atoms with Crippen molar-refractivity contribution >= 4 is 11.7 Å². The van der Waals surface area contributed by atoms with Crippen molar-refractivity contribution in [1.82, 2.24) is 8.75 Å². The van der Waals surface area contributed by atoms with Crippen LogP contribution in [-0.4, -0.2) is 20.5 Å². The number of aliphatic hydroxyl groups is 1. The fraction of sp³-hybridized carbons (Fsp3) is 0.273. The topological polar surface area (TPSA) is 55.2 Å². The molecule has 0 aliphatic rings. The molecule has 0 radical (unpaired) electrons. The first-order valence-corrected chi connectivity index (χ1v) is 5.72. The van der Waals surface area contributed by atoms with Crippen LogP contribution in [0, 0.1) is 0 Å². The molecule has 5 heteroatoms. The lowest BCUT2D eigenvalue weighted by atomic mass is 10.1. The second-order valence-electron chi connectivity index (χ2n) is 3.24.